The molecule has 0 spiro atoms. The van der Waals surface area contributed by atoms with Gasteiger partial charge >= 0.3 is 6.09 Å². The number of ether oxygens (including phenoxy) is 1. The van der Waals surface area contributed by atoms with Crippen molar-refractivity contribution >= 4 is 6.09 Å². The number of amides is 1. The van der Waals surface area contributed by atoms with Crippen LogP contribution in [0.1, 0.15) is 5.89 Å². The molecule has 5 nitrogen and oxygen atoms in total. The average molecular weight is 322 g/mol. The molecule has 0 saturated carbocycles. The summed E-state index contributed by atoms with van der Waals surface area (Å²) in [5.41, 5.74) is 2.76. The lowest BCUT2D eigenvalue weighted by Gasteiger charge is -2.01. The zero-order valence-corrected chi connectivity index (χ0v) is 13.4. The fourth-order valence-electron chi connectivity index (χ4n) is 2.39. The maximum atomic E-state index is 11.1. The highest BCUT2D eigenvalue weighted by Gasteiger charge is 2.16. The van der Waals surface area contributed by atoms with E-state index in [1.165, 1.54) is 7.11 Å². The van der Waals surface area contributed by atoms with E-state index in [4.69, 9.17) is 4.42 Å². The average Bonchev–Trinajstić information content (AvgIpc) is 3.07. The van der Waals surface area contributed by atoms with Crippen LogP contribution in [0.2, 0.25) is 0 Å². The lowest BCUT2D eigenvalue weighted by molar-refractivity contribution is 0.171. The molecule has 0 fully saturated rings. The third-order valence-corrected chi connectivity index (χ3v) is 3.55. The summed E-state index contributed by atoms with van der Waals surface area (Å²) < 4.78 is 10.5. The molecule has 0 saturated heterocycles. The van der Waals surface area contributed by atoms with Crippen molar-refractivity contribution in [2.24, 2.45) is 0 Å². The maximum Gasteiger partial charge on any atom is 0.406 e. The van der Waals surface area contributed by atoms with Crippen LogP contribution < -0.4 is 5.32 Å². The number of oxazole rings is 1. The van der Waals surface area contributed by atoms with Crippen LogP contribution in [0.3, 0.4) is 0 Å². The smallest absolute Gasteiger partial charge is 0.406 e. The Balaban J connectivity index is 1.90. The van der Waals surface area contributed by atoms with Crippen LogP contribution in [0.4, 0.5) is 4.79 Å². The molecule has 5 heteroatoms. The van der Waals surface area contributed by atoms with Crippen molar-refractivity contribution in [3.63, 3.8) is 0 Å². The molecule has 0 radical (unpaired) electrons. The van der Waals surface area contributed by atoms with Gasteiger partial charge in [-0.2, -0.15) is 0 Å². The second-order valence-electron chi connectivity index (χ2n) is 5.19. The Kier molecular flexibility index (Phi) is 4.91. The summed E-state index contributed by atoms with van der Waals surface area (Å²) in [5.74, 6) is 1.30. The van der Waals surface area contributed by atoms with Gasteiger partial charge in [0.1, 0.15) is 5.69 Å². The second kappa shape index (κ2) is 7.46. The van der Waals surface area contributed by atoms with E-state index in [2.05, 4.69) is 15.0 Å². The van der Waals surface area contributed by atoms with Gasteiger partial charge in [0.25, 0.3) is 0 Å². The van der Waals surface area contributed by atoms with Gasteiger partial charge in [-0.15, -0.1) is 0 Å². The first-order valence-electron chi connectivity index (χ1n) is 7.70. The molecule has 0 aliphatic rings. The minimum absolute atomic E-state index is 0.398. The lowest BCUT2D eigenvalue weighted by atomic mass is 10.1. The predicted molar refractivity (Wildman–Crippen MR) is 91.5 cm³/mol. The first-order chi connectivity index (χ1) is 11.8. The van der Waals surface area contributed by atoms with Crippen LogP contribution in [-0.2, 0) is 11.2 Å². The highest BCUT2D eigenvalue weighted by molar-refractivity contribution is 5.76. The topological polar surface area (TPSA) is 64.4 Å². The Morgan fingerprint density at radius 3 is 2.29 bits per heavy atom. The van der Waals surface area contributed by atoms with Gasteiger partial charge in [-0.25, -0.2) is 9.78 Å². The Labute approximate surface area is 140 Å². The van der Waals surface area contributed by atoms with Crippen molar-refractivity contribution in [2.75, 3.05) is 13.7 Å². The summed E-state index contributed by atoms with van der Waals surface area (Å²) in [5, 5.41) is 2.63. The highest BCUT2D eigenvalue weighted by atomic mass is 16.5. The largest absolute Gasteiger partial charge is 0.453 e. The van der Waals surface area contributed by atoms with E-state index in [1.807, 2.05) is 60.7 Å². The third-order valence-electron chi connectivity index (χ3n) is 3.55. The van der Waals surface area contributed by atoms with E-state index in [0.717, 1.165) is 22.6 Å². The summed E-state index contributed by atoms with van der Waals surface area (Å²) in [6.07, 6.45) is 0.0232. The molecule has 1 amide bonds. The molecular formula is C19H18N2O3. The Morgan fingerprint density at radius 2 is 1.67 bits per heavy atom. The molecule has 0 aliphatic heterocycles. The van der Waals surface area contributed by atoms with Crippen LogP contribution in [0, 0.1) is 0 Å². The molecule has 1 heterocycles. The fourth-order valence-corrected chi connectivity index (χ4v) is 2.39. The van der Waals surface area contributed by atoms with Crippen molar-refractivity contribution < 1.29 is 13.9 Å². The van der Waals surface area contributed by atoms with Crippen LogP contribution in [0.5, 0.6) is 0 Å². The van der Waals surface area contributed by atoms with Crippen molar-refractivity contribution in [2.45, 2.75) is 6.42 Å². The van der Waals surface area contributed by atoms with Crippen LogP contribution >= 0.6 is 0 Å². The number of alkyl carbamates (subject to hydrolysis) is 1. The number of rotatable bonds is 5. The number of nitrogens with one attached hydrogen (secondary N) is 1. The molecule has 0 atom stereocenters. The number of hydrogen-bond donors (Lipinski definition) is 1. The standard InChI is InChI=1S/C19H18N2O3/c1-23-19(22)20-13-12-16-21-17(14-8-4-2-5-9-14)18(24-16)15-10-6-3-7-11-15/h2-11H,12-13H2,1H3,(H,20,22). The number of methoxy groups -OCH3 is 1. The van der Waals surface area contributed by atoms with Crippen LogP contribution in [0.25, 0.3) is 22.6 Å². The van der Waals surface area contributed by atoms with Gasteiger partial charge in [-0.3, -0.25) is 0 Å². The first-order valence-corrected chi connectivity index (χ1v) is 7.70. The van der Waals surface area contributed by atoms with E-state index in [-0.39, 0.29) is 0 Å². The molecule has 2 aromatic carbocycles. The Bertz CT molecular complexity index is 741. The molecule has 3 aromatic rings. The number of aromatic nitrogens is 1. The zero-order valence-electron chi connectivity index (χ0n) is 13.4. The summed E-state index contributed by atoms with van der Waals surface area (Å²) >= 11 is 0. The van der Waals surface area contributed by atoms with E-state index < -0.39 is 6.09 Å². The van der Waals surface area contributed by atoms with Crippen molar-refractivity contribution in [1.82, 2.24) is 10.3 Å². The quantitative estimate of drug-likeness (QED) is 0.773. The molecule has 1 aromatic heterocycles. The fraction of sp³-hybridized carbons (Fsp3) is 0.158. The Hall–Kier alpha value is -3.08. The van der Waals surface area contributed by atoms with Crippen molar-refractivity contribution in [3.8, 4) is 22.6 Å². The zero-order chi connectivity index (χ0) is 16.8. The van der Waals surface area contributed by atoms with Gasteiger partial charge in [-0.05, 0) is 0 Å². The van der Waals surface area contributed by atoms with Gasteiger partial charge in [0.05, 0.1) is 7.11 Å². The molecule has 122 valence electrons. The van der Waals surface area contributed by atoms with E-state index in [1.54, 1.807) is 0 Å². The normalized spacial score (nSPS) is 10.4. The molecule has 0 unspecified atom stereocenters. The predicted octanol–water partition coefficient (Wildman–Crippen LogP) is 3.91. The molecule has 0 aliphatic carbocycles. The third kappa shape index (κ3) is 3.63. The van der Waals surface area contributed by atoms with Gasteiger partial charge in [0.15, 0.2) is 11.7 Å². The van der Waals surface area contributed by atoms with Crippen molar-refractivity contribution in [1.29, 1.82) is 0 Å². The van der Waals surface area contributed by atoms with Gasteiger partial charge in [-0.1, -0.05) is 60.7 Å². The molecule has 24 heavy (non-hydrogen) atoms. The SMILES string of the molecule is COC(=O)NCCc1nc(-c2ccccc2)c(-c2ccccc2)o1. The molecule has 0 bridgehead atoms. The molecule has 1 N–H and O–H groups in total. The monoisotopic (exact) mass is 322 g/mol. The van der Waals surface area contributed by atoms with Crippen molar-refractivity contribution in [3.05, 3.63) is 66.6 Å². The number of carbonyl (C=O) groups is 1. The van der Waals surface area contributed by atoms with E-state index >= 15 is 0 Å². The summed E-state index contributed by atoms with van der Waals surface area (Å²) in [4.78, 5) is 15.8. The molecular weight excluding hydrogens is 304 g/mol. The van der Waals surface area contributed by atoms with E-state index in [0.29, 0.717) is 18.9 Å². The summed E-state index contributed by atoms with van der Waals surface area (Å²) in [6, 6.07) is 19.8. The van der Waals surface area contributed by atoms with E-state index in [9.17, 15) is 4.79 Å². The minimum atomic E-state index is -0.465. The van der Waals surface area contributed by atoms with Gasteiger partial charge < -0.3 is 14.5 Å². The van der Waals surface area contributed by atoms with Crippen LogP contribution in [0.15, 0.2) is 65.1 Å². The number of carbonyl (C=O) groups excluding carboxylic acids is 1. The second-order valence-corrected chi connectivity index (χ2v) is 5.19. The lowest BCUT2D eigenvalue weighted by Crippen LogP contribution is -2.25. The van der Waals surface area contributed by atoms with Crippen LogP contribution in [-0.4, -0.2) is 24.7 Å². The van der Waals surface area contributed by atoms with Gasteiger partial charge in [0, 0.05) is 24.1 Å². The van der Waals surface area contributed by atoms with Gasteiger partial charge in [0.2, 0.25) is 0 Å². The summed E-state index contributed by atoms with van der Waals surface area (Å²) in [7, 11) is 1.33. The number of nitrogens with zero attached hydrogens (tertiary/aromatic N) is 1. The Morgan fingerprint density at radius 1 is 1.04 bits per heavy atom. The first kappa shape index (κ1) is 15.8. The minimum Gasteiger partial charge on any atom is -0.453 e. The number of benzene rings is 2. The molecule has 3 rings (SSSR count). The highest BCUT2D eigenvalue weighted by Crippen LogP contribution is 2.32. The summed E-state index contributed by atoms with van der Waals surface area (Å²) in [6.45, 7) is 0.398. The maximum absolute atomic E-state index is 11.1. The number of hydrogen-bond acceptors (Lipinski definition) is 4.